The molecule has 88 valence electrons. The van der Waals surface area contributed by atoms with E-state index in [1.165, 1.54) is 12.8 Å². The highest BCUT2D eigenvalue weighted by Gasteiger charge is 1.81. The van der Waals surface area contributed by atoms with Crippen LogP contribution in [0, 0.1) is 0 Å². The quantitative estimate of drug-likeness (QED) is 0.670. The van der Waals surface area contributed by atoms with Gasteiger partial charge in [-0.3, -0.25) is 4.98 Å². The first-order valence-electron chi connectivity index (χ1n) is 4.56. The van der Waals surface area contributed by atoms with Gasteiger partial charge >= 0.3 is 0 Å². The third-order valence-corrected chi connectivity index (χ3v) is 2.60. The molecule has 0 aliphatic carbocycles. The number of alkyl halides is 2. The number of rotatable bonds is 4. The smallest absolute Gasteiger partial charge is 0.0312 e. The molecule has 4 heteroatoms. The molecule has 0 atom stereocenters. The van der Waals surface area contributed by atoms with E-state index in [9.17, 15) is 0 Å². The second kappa shape index (κ2) is 14.1. The molecular formula is C11H20Br2N2. The van der Waals surface area contributed by atoms with Crippen molar-refractivity contribution >= 4 is 31.9 Å². The number of aromatic nitrogens is 1. The maximum absolute atomic E-state index is 5.31. The van der Waals surface area contributed by atoms with Gasteiger partial charge in [0.15, 0.2) is 0 Å². The minimum atomic E-state index is 0. The molecule has 0 aliphatic rings. The molecule has 0 saturated carbocycles. The Balaban J connectivity index is 0. The highest BCUT2D eigenvalue weighted by molar-refractivity contribution is 9.09. The van der Waals surface area contributed by atoms with E-state index in [0.717, 1.165) is 16.2 Å². The van der Waals surface area contributed by atoms with Crippen molar-refractivity contribution in [3.05, 3.63) is 30.1 Å². The van der Waals surface area contributed by atoms with E-state index in [4.69, 9.17) is 5.73 Å². The molecule has 0 bridgehead atoms. The Labute approximate surface area is 110 Å². The van der Waals surface area contributed by atoms with Crippen LogP contribution in [-0.2, 0) is 6.54 Å². The first kappa shape index (κ1) is 17.5. The van der Waals surface area contributed by atoms with Gasteiger partial charge in [0, 0.05) is 29.6 Å². The number of hydrogen-bond acceptors (Lipinski definition) is 2. The highest BCUT2D eigenvalue weighted by Crippen LogP contribution is 1.95. The van der Waals surface area contributed by atoms with Crippen LogP contribution in [0.15, 0.2) is 24.5 Å². The predicted molar refractivity (Wildman–Crippen MR) is 75.7 cm³/mol. The van der Waals surface area contributed by atoms with Crippen molar-refractivity contribution in [3.8, 4) is 0 Å². The SMILES string of the molecule is BrCCCCBr.C.NCc1cccnc1. The molecule has 2 N–H and O–H groups in total. The van der Waals surface area contributed by atoms with Gasteiger partial charge in [-0.05, 0) is 24.5 Å². The number of nitrogens with two attached hydrogens (primary N) is 1. The number of pyridine rings is 1. The van der Waals surface area contributed by atoms with E-state index in [1.807, 2.05) is 12.1 Å². The second-order valence-corrected chi connectivity index (χ2v) is 4.24. The van der Waals surface area contributed by atoms with E-state index in [2.05, 4.69) is 36.8 Å². The third-order valence-electron chi connectivity index (χ3n) is 1.48. The zero-order valence-corrected chi connectivity index (χ0v) is 11.3. The monoisotopic (exact) mass is 338 g/mol. The van der Waals surface area contributed by atoms with E-state index in [-0.39, 0.29) is 7.43 Å². The molecule has 1 rings (SSSR count). The molecule has 0 fully saturated rings. The second-order valence-electron chi connectivity index (χ2n) is 2.65. The van der Waals surface area contributed by atoms with Crippen molar-refractivity contribution in [1.82, 2.24) is 4.98 Å². The zero-order chi connectivity index (χ0) is 10.6. The fraction of sp³-hybridized carbons (Fsp3) is 0.545. The minimum Gasteiger partial charge on any atom is -0.326 e. The van der Waals surface area contributed by atoms with Crippen LogP contribution >= 0.6 is 31.9 Å². The normalized spacial score (nSPS) is 8.47. The van der Waals surface area contributed by atoms with Crippen LogP contribution in [0.4, 0.5) is 0 Å². The molecule has 1 heterocycles. The standard InChI is InChI=1S/C6H8N2.C4H8Br2.CH4/c7-4-6-2-1-3-8-5-6;5-3-1-2-4-6;/h1-3,5H,4,7H2;1-4H2;1H4. The van der Waals surface area contributed by atoms with E-state index >= 15 is 0 Å². The van der Waals surface area contributed by atoms with Crippen molar-refractivity contribution in [2.24, 2.45) is 5.73 Å². The predicted octanol–water partition coefficient (Wildman–Crippen LogP) is 3.73. The van der Waals surface area contributed by atoms with Crippen molar-refractivity contribution < 1.29 is 0 Å². The lowest BCUT2D eigenvalue weighted by atomic mass is 10.3. The number of unbranched alkanes of at least 4 members (excludes halogenated alkanes) is 1. The Kier molecular flexibility index (Phi) is 16.4. The zero-order valence-electron chi connectivity index (χ0n) is 8.13. The summed E-state index contributed by atoms with van der Waals surface area (Å²) in [4.78, 5) is 3.88. The summed E-state index contributed by atoms with van der Waals surface area (Å²) < 4.78 is 0. The molecule has 0 aliphatic heterocycles. The fourth-order valence-corrected chi connectivity index (χ4v) is 1.50. The topological polar surface area (TPSA) is 38.9 Å². The van der Waals surface area contributed by atoms with Crippen molar-refractivity contribution in [3.63, 3.8) is 0 Å². The van der Waals surface area contributed by atoms with E-state index in [0.29, 0.717) is 6.54 Å². The molecule has 0 unspecified atom stereocenters. The Hall–Kier alpha value is 0.0700. The summed E-state index contributed by atoms with van der Waals surface area (Å²) in [5.74, 6) is 0. The summed E-state index contributed by atoms with van der Waals surface area (Å²) >= 11 is 6.66. The lowest BCUT2D eigenvalue weighted by molar-refractivity contribution is 0.919. The average Bonchev–Trinajstić information content (AvgIpc) is 2.28. The lowest BCUT2D eigenvalue weighted by Gasteiger charge is -1.89. The average molecular weight is 340 g/mol. The van der Waals surface area contributed by atoms with Gasteiger partial charge in [0.1, 0.15) is 0 Å². The van der Waals surface area contributed by atoms with Crippen molar-refractivity contribution in [1.29, 1.82) is 0 Å². The van der Waals surface area contributed by atoms with Gasteiger partial charge in [-0.1, -0.05) is 45.4 Å². The van der Waals surface area contributed by atoms with Crippen LogP contribution in [0.1, 0.15) is 25.8 Å². The van der Waals surface area contributed by atoms with Gasteiger partial charge < -0.3 is 5.73 Å². The van der Waals surface area contributed by atoms with Crippen molar-refractivity contribution in [2.75, 3.05) is 10.7 Å². The molecule has 15 heavy (non-hydrogen) atoms. The molecule has 0 radical (unpaired) electrons. The number of halogens is 2. The van der Waals surface area contributed by atoms with Gasteiger partial charge in [-0.15, -0.1) is 0 Å². The first-order chi connectivity index (χ1) is 6.85. The van der Waals surface area contributed by atoms with Gasteiger partial charge in [0.05, 0.1) is 0 Å². The van der Waals surface area contributed by atoms with Crippen LogP contribution in [0.25, 0.3) is 0 Å². The van der Waals surface area contributed by atoms with Crippen LogP contribution in [0.2, 0.25) is 0 Å². The molecule has 1 aromatic rings. The van der Waals surface area contributed by atoms with Gasteiger partial charge in [-0.2, -0.15) is 0 Å². The molecule has 1 aromatic heterocycles. The number of nitrogens with zero attached hydrogens (tertiary/aromatic N) is 1. The Morgan fingerprint density at radius 3 is 2.07 bits per heavy atom. The molecule has 0 saturated heterocycles. The lowest BCUT2D eigenvalue weighted by Crippen LogP contribution is -1.95. The highest BCUT2D eigenvalue weighted by atomic mass is 79.9. The molecule has 2 nitrogen and oxygen atoms in total. The van der Waals surface area contributed by atoms with Crippen molar-refractivity contribution in [2.45, 2.75) is 26.8 Å². The number of hydrogen-bond donors (Lipinski definition) is 1. The summed E-state index contributed by atoms with van der Waals surface area (Å²) in [6.07, 6.45) is 6.07. The Morgan fingerprint density at radius 2 is 1.80 bits per heavy atom. The summed E-state index contributed by atoms with van der Waals surface area (Å²) in [6, 6.07) is 3.83. The van der Waals surface area contributed by atoms with Crippen LogP contribution in [0.3, 0.4) is 0 Å². The van der Waals surface area contributed by atoms with Gasteiger partial charge in [0.25, 0.3) is 0 Å². The summed E-state index contributed by atoms with van der Waals surface area (Å²) in [5.41, 5.74) is 6.39. The maximum atomic E-state index is 5.31. The molecule has 0 aromatic carbocycles. The van der Waals surface area contributed by atoms with E-state index < -0.39 is 0 Å². The van der Waals surface area contributed by atoms with Crippen LogP contribution in [-0.4, -0.2) is 15.6 Å². The minimum absolute atomic E-state index is 0. The maximum Gasteiger partial charge on any atom is 0.0312 e. The van der Waals surface area contributed by atoms with Crippen LogP contribution in [0.5, 0.6) is 0 Å². The third kappa shape index (κ3) is 12.0. The Morgan fingerprint density at radius 1 is 1.20 bits per heavy atom. The molecule has 0 spiro atoms. The largest absolute Gasteiger partial charge is 0.326 e. The van der Waals surface area contributed by atoms with Gasteiger partial charge in [0.2, 0.25) is 0 Å². The van der Waals surface area contributed by atoms with E-state index in [1.54, 1.807) is 12.4 Å². The van der Waals surface area contributed by atoms with Gasteiger partial charge in [-0.25, -0.2) is 0 Å². The fourth-order valence-electron chi connectivity index (χ4n) is 0.708. The van der Waals surface area contributed by atoms with Crippen LogP contribution < -0.4 is 5.73 Å². The molecular weight excluding hydrogens is 320 g/mol. The first-order valence-corrected chi connectivity index (χ1v) is 6.80. The summed E-state index contributed by atoms with van der Waals surface area (Å²) in [5, 5.41) is 2.28. The summed E-state index contributed by atoms with van der Waals surface area (Å²) in [7, 11) is 0. The summed E-state index contributed by atoms with van der Waals surface area (Å²) in [6.45, 7) is 0.577. The Bertz CT molecular complexity index is 201. The molecule has 0 amide bonds.